The average Bonchev–Trinajstić information content (AvgIpc) is 3.28. The zero-order valence-electron chi connectivity index (χ0n) is 13.5. The molecule has 0 aromatic carbocycles. The van der Waals surface area contributed by atoms with Crippen molar-refractivity contribution in [1.29, 1.82) is 0 Å². The largest absolute Gasteiger partial charge is 0.346 e. The highest BCUT2D eigenvalue weighted by Gasteiger charge is 2.60. The molecule has 1 spiro atoms. The summed E-state index contributed by atoms with van der Waals surface area (Å²) in [4.78, 5) is 19.8. The fourth-order valence-electron chi connectivity index (χ4n) is 4.80. The smallest absolute Gasteiger partial charge is 0.271 e. The van der Waals surface area contributed by atoms with Gasteiger partial charge in [-0.15, -0.1) is 0 Å². The molecular weight excluding hydrogens is 288 g/mol. The summed E-state index contributed by atoms with van der Waals surface area (Å²) in [6.07, 6.45) is 8.55. The lowest BCUT2D eigenvalue weighted by Crippen LogP contribution is -2.65. The third-order valence-corrected chi connectivity index (χ3v) is 6.24. The maximum Gasteiger partial charge on any atom is 0.271 e. The van der Waals surface area contributed by atoms with Gasteiger partial charge in [0.1, 0.15) is 5.69 Å². The molecule has 5 nitrogen and oxygen atoms in total. The van der Waals surface area contributed by atoms with Crippen LogP contribution in [0.4, 0.5) is 0 Å². The first-order valence-electron chi connectivity index (χ1n) is 8.67. The monoisotopic (exact) mass is 310 g/mol. The van der Waals surface area contributed by atoms with Crippen LogP contribution < -0.4 is 5.32 Å². The molecule has 4 aliphatic rings. The number of nitrogens with one attached hydrogen (secondary N) is 1. The number of amides is 1. The van der Waals surface area contributed by atoms with Crippen LogP contribution in [0, 0.1) is 12.8 Å². The van der Waals surface area contributed by atoms with E-state index in [9.17, 15) is 4.79 Å². The lowest BCUT2D eigenvalue weighted by atomic mass is 9.77. The van der Waals surface area contributed by atoms with Gasteiger partial charge in [0.05, 0.1) is 17.8 Å². The van der Waals surface area contributed by atoms with Gasteiger partial charge in [-0.3, -0.25) is 9.69 Å². The van der Waals surface area contributed by atoms with E-state index in [0.717, 1.165) is 11.2 Å². The molecular formula is C18H22N4O. The van der Waals surface area contributed by atoms with Crippen molar-refractivity contribution in [3.05, 3.63) is 35.9 Å². The first kappa shape index (κ1) is 13.5. The van der Waals surface area contributed by atoms with E-state index in [1.165, 1.54) is 38.8 Å². The van der Waals surface area contributed by atoms with Crippen molar-refractivity contribution in [2.24, 2.45) is 5.92 Å². The molecule has 120 valence electrons. The molecule has 5 heterocycles. The van der Waals surface area contributed by atoms with Gasteiger partial charge in [0.25, 0.3) is 5.91 Å². The molecule has 1 amide bonds. The number of carbonyl (C=O) groups excluding carboxylic acids is 1. The highest BCUT2D eigenvalue weighted by atomic mass is 16.2. The van der Waals surface area contributed by atoms with E-state index in [-0.39, 0.29) is 11.4 Å². The van der Waals surface area contributed by atoms with Crippen LogP contribution in [0.1, 0.15) is 41.9 Å². The van der Waals surface area contributed by atoms with Gasteiger partial charge in [0.2, 0.25) is 0 Å². The normalized spacial score (nSPS) is 30.7. The molecule has 1 saturated carbocycles. The molecule has 2 aromatic rings. The summed E-state index contributed by atoms with van der Waals surface area (Å²) in [6, 6.07) is 4.38. The summed E-state index contributed by atoms with van der Waals surface area (Å²) in [5.74, 6) is 0.619. The van der Waals surface area contributed by atoms with Crippen molar-refractivity contribution < 1.29 is 4.79 Å². The predicted molar refractivity (Wildman–Crippen MR) is 87.4 cm³/mol. The van der Waals surface area contributed by atoms with Gasteiger partial charge in [-0.25, -0.2) is 4.98 Å². The number of carbonyl (C=O) groups is 1. The second-order valence-corrected chi connectivity index (χ2v) is 7.42. The lowest BCUT2D eigenvalue weighted by molar-refractivity contribution is -0.00153. The SMILES string of the molecule is Cc1ccc2cnc(C(=O)NC3C4CCN(CC4)C34CC4)cn12. The molecule has 3 aliphatic heterocycles. The van der Waals surface area contributed by atoms with Crippen molar-refractivity contribution in [3.8, 4) is 0 Å². The third kappa shape index (κ3) is 1.89. The van der Waals surface area contributed by atoms with Crippen LogP contribution >= 0.6 is 0 Å². The Morgan fingerprint density at radius 1 is 1.30 bits per heavy atom. The molecule has 1 aliphatic carbocycles. The van der Waals surface area contributed by atoms with Gasteiger partial charge < -0.3 is 9.72 Å². The van der Waals surface area contributed by atoms with Crippen molar-refractivity contribution in [2.45, 2.75) is 44.2 Å². The first-order valence-corrected chi connectivity index (χ1v) is 8.67. The minimum Gasteiger partial charge on any atom is -0.346 e. The molecule has 4 fully saturated rings. The summed E-state index contributed by atoms with van der Waals surface area (Å²) in [5.41, 5.74) is 2.94. The highest BCUT2D eigenvalue weighted by Crippen LogP contribution is 2.53. The van der Waals surface area contributed by atoms with Crippen molar-refractivity contribution >= 4 is 11.4 Å². The van der Waals surface area contributed by atoms with Crippen LogP contribution in [0.15, 0.2) is 24.5 Å². The van der Waals surface area contributed by atoms with E-state index >= 15 is 0 Å². The fourth-order valence-corrected chi connectivity index (χ4v) is 4.80. The Hall–Kier alpha value is -1.88. The molecule has 2 bridgehead atoms. The Morgan fingerprint density at radius 2 is 2.09 bits per heavy atom. The number of fused-ring (bicyclic) bond motifs is 3. The van der Waals surface area contributed by atoms with Crippen molar-refractivity contribution in [1.82, 2.24) is 19.6 Å². The molecule has 3 saturated heterocycles. The van der Waals surface area contributed by atoms with Crippen LogP contribution in [0.2, 0.25) is 0 Å². The first-order chi connectivity index (χ1) is 11.2. The van der Waals surface area contributed by atoms with Gasteiger partial charge in [0.15, 0.2) is 0 Å². The molecule has 1 atom stereocenters. The van der Waals surface area contributed by atoms with Gasteiger partial charge in [-0.05, 0) is 63.7 Å². The molecule has 1 unspecified atom stereocenters. The zero-order valence-corrected chi connectivity index (χ0v) is 13.5. The van der Waals surface area contributed by atoms with Crippen LogP contribution in [0.3, 0.4) is 0 Å². The number of piperidine rings is 3. The molecule has 2 aromatic heterocycles. The Labute approximate surface area is 135 Å². The highest BCUT2D eigenvalue weighted by molar-refractivity contribution is 5.92. The van der Waals surface area contributed by atoms with Gasteiger partial charge >= 0.3 is 0 Å². The molecule has 1 N–H and O–H groups in total. The maximum atomic E-state index is 12.8. The standard InChI is InChI=1S/C18H22N4O/c1-12-2-3-14-10-19-15(11-22(12)14)17(23)20-16-13-4-8-21(9-5-13)18(16)6-7-18/h2-3,10-11,13,16H,4-9H2,1H3,(H,20,23). The predicted octanol–water partition coefficient (Wildman–Crippen LogP) is 2.00. The minimum absolute atomic E-state index is 0.0231. The average molecular weight is 310 g/mol. The summed E-state index contributed by atoms with van der Waals surface area (Å²) in [7, 11) is 0. The lowest BCUT2D eigenvalue weighted by Gasteiger charge is -2.52. The maximum absolute atomic E-state index is 12.8. The summed E-state index contributed by atoms with van der Waals surface area (Å²) >= 11 is 0. The second kappa shape index (κ2) is 4.57. The van der Waals surface area contributed by atoms with E-state index in [1.807, 2.05) is 29.7 Å². The molecule has 23 heavy (non-hydrogen) atoms. The van der Waals surface area contributed by atoms with Gasteiger partial charge in [-0.2, -0.15) is 0 Å². The van der Waals surface area contributed by atoms with E-state index in [1.54, 1.807) is 6.20 Å². The Balaban J connectivity index is 1.43. The van der Waals surface area contributed by atoms with E-state index in [4.69, 9.17) is 0 Å². The van der Waals surface area contributed by atoms with Gasteiger partial charge in [0, 0.05) is 17.4 Å². The van der Waals surface area contributed by atoms with E-state index in [0.29, 0.717) is 17.7 Å². The topological polar surface area (TPSA) is 49.6 Å². The van der Waals surface area contributed by atoms with Crippen LogP contribution in [0.5, 0.6) is 0 Å². The number of hydrogen-bond acceptors (Lipinski definition) is 3. The number of rotatable bonds is 2. The van der Waals surface area contributed by atoms with Crippen molar-refractivity contribution in [2.75, 3.05) is 13.1 Å². The number of aromatic nitrogens is 2. The third-order valence-electron chi connectivity index (χ3n) is 6.24. The molecule has 0 radical (unpaired) electrons. The quantitative estimate of drug-likeness (QED) is 0.923. The number of aryl methyl sites for hydroxylation is 1. The number of hydrogen-bond donors (Lipinski definition) is 1. The summed E-state index contributed by atoms with van der Waals surface area (Å²) in [6.45, 7) is 4.47. The summed E-state index contributed by atoms with van der Waals surface area (Å²) < 4.78 is 2.03. The molecule has 5 heteroatoms. The van der Waals surface area contributed by atoms with E-state index in [2.05, 4.69) is 15.2 Å². The fraction of sp³-hybridized carbons (Fsp3) is 0.556. The van der Waals surface area contributed by atoms with Gasteiger partial charge in [-0.1, -0.05) is 0 Å². The Bertz CT molecular complexity index is 783. The summed E-state index contributed by atoms with van der Waals surface area (Å²) in [5, 5.41) is 3.34. The Kier molecular flexibility index (Phi) is 2.69. The number of nitrogens with zero attached hydrogens (tertiary/aromatic N) is 3. The minimum atomic E-state index is -0.0231. The van der Waals surface area contributed by atoms with Crippen LogP contribution in [-0.2, 0) is 0 Å². The van der Waals surface area contributed by atoms with Crippen LogP contribution in [0.25, 0.3) is 5.52 Å². The zero-order chi connectivity index (χ0) is 15.6. The molecule has 6 rings (SSSR count). The van der Waals surface area contributed by atoms with Crippen LogP contribution in [-0.4, -0.2) is 44.9 Å². The Morgan fingerprint density at radius 3 is 2.83 bits per heavy atom. The second-order valence-electron chi connectivity index (χ2n) is 7.42. The van der Waals surface area contributed by atoms with E-state index < -0.39 is 0 Å². The van der Waals surface area contributed by atoms with Crippen molar-refractivity contribution in [3.63, 3.8) is 0 Å².